The van der Waals surface area contributed by atoms with Crippen molar-refractivity contribution in [2.24, 2.45) is 0 Å². The lowest BCUT2D eigenvalue weighted by Crippen LogP contribution is -1.91. The summed E-state index contributed by atoms with van der Waals surface area (Å²) in [5.74, 6) is 3.01. The average molecular weight is 114 g/mol. The fourth-order valence-corrected chi connectivity index (χ4v) is 0.455. The highest BCUT2D eigenvalue weighted by Crippen LogP contribution is 1.82. The molecule has 0 saturated carbocycles. The molecule has 0 N–H and O–H groups in total. The summed E-state index contributed by atoms with van der Waals surface area (Å²) in [6, 6.07) is 0. The first-order valence-corrected chi connectivity index (χ1v) is 3.18. The summed E-state index contributed by atoms with van der Waals surface area (Å²) in [5, 5.41) is 0. The lowest BCUT2D eigenvalue weighted by atomic mass is 9.55. The standard InChI is InChI=1S/C5H11BS/c1-6(2)4-3-5-7/h3-4,7H,5H2,1-2H3/b4-3+. The predicted octanol–water partition coefficient (Wildman–Crippen LogP) is 1.77. The van der Waals surface area contributed by atoms with Crippen LogP contribution in [0, 0.1) is 0 Å². The third-order valence-corrected chi connectivity index (χ3v) is 0.837. The van der Waals surface area contributed by atoms with Gasteiger partial charge in [-0.2, -0.15) is 12.6 Å². The highest BCUT2D eigenvalue weighted by Gasteiger charge is 1.85. The summed E-state index contributed by atoms with van der Waals surface area (Å²) in [7, 11) is 0. The van der Waals surface area contributed by atoms with Crippen molar-refractivity contribution >= 4 is 19.3 Å². The Labute approximate surface area is 51.5 Å². The van der Waals surface area contributed by atoms with Crippen LogP contribution in [0.15, 0.2) is 12.1 Å². The normalized spacial score (nSPS) is 10.1. The van der Waals surface area contributed by atoms with E-state index < -0.39 is 0 Å². The molecule has 0 aliphatic carbocycles. The maximum absolute atomic E-state index is 4.01. The van der Waals surface area contributed by atoms with Gasteiger partial charge in [-0.05, 0) is 0 Å². The van der Waals surface area contributed by atoms with Gasteiger partial charge in [0.05, 0.1) is 0 Å². The van der Waals surface area contributed by atoms with Crippen LogP contribution in [0.3, 0.4) is 0 Å². The van der Waals surface area contributed by atoms with E-state index in [0.29, 0.717) is 6.71 Å². The van der Waals surface area contributed by atoms with E-state index in [-0.39, 0.29) is 0 Å². The van der Waals surface area contributed by atoms with E-state index >= 15 is 0 Å². The zero-order valence-corrected chi connectivity index (χ0v) is 5.78. The molecule has 0 aromatic rings. The van der Waals surface area contributed by atoms with Crippen LogP contribution in [-0.2, 0) is 0 Å². The van der Waals surface area contributed by atoms with Crippen molar-refractivity contribution in [3.8, 4) is 0 Å². The molecule has 0 heterocycles. The molecular formula is C5H11BS. The number of rotatable bonds is 2. The summed E-state index contributed by atoms with van der Waals surface area (Å²) < 4.78 is 0. The molecule has 0 atom stereocenters. The molecule has 0 saturated heterocycles. The minimum absolute atomic E-state index is 0.673. The van der Waals surface area contributed by atoms with Gasteiger partial charge >= 0.3 is 0 Å². The molecule has 0 fully saturated rings. The molecule has 0 radical (unpaired) electrons. The SMILES string of the molecule is CB(C)/C=C/CS. The summed E-state index contributed by atoms with van der Waals surface area (Å²) in [4.78, 5) is 0. The molecule has 0 unspecified atom stereocenters. The number of thiol groups is 1. The monoisotopic (exact) mass is 114 g/mol. The van der Waals surface area contributed by atoms with E-state index in [9.17, 15) is 0 Å². The van der Waals surface area contributed by atoms with Crippen molar-refractivity contribution in [2.45, 2.75) is 13.6 Å². The summed E-state index contributed by atoms with van der Waals surface area (Å²) in [5.41, 5.74) is 0. The first-order valence-electron chi connectivity index (χ1n) is 2.55. The predicted molar refractivity (Wildman–Crippen MR) is 40.5 cm³/mol. The molecule has 7 heavy (non-hydrogen) atoms. The quantitative estimate of drug-likeness (QED) is 0.410. The third kappa shape index (κ3) is 6.15. The highest BCUT2D eigenvalue weighted by molar-refractivity contribution is 7.80. The lowest BCUT2D eigenvalue weighted by molar-refractivity contribution is 1.80. The van der Waals surface area contributed by atoms with Crippen LogP contribution < -0.4 is 0 Å². The molecule has 0 nitrogen and oxygen atoms in total. The molecule has 0 bridgehead atoms. The topological polar surface area (TPSA) is 0 Å². The Morgan fingerprint density at radius 3 is 2.29 bits per heavy atom. The molecular weight excluding hydrogens is 103 g/mol. The van der Waals surface area contributed by atoms with Gasteiger partial charge < -0.3 is 0 Å². The van der Waals surface area contributed by atoms with Gasteiger partial charge in [0.1, 0.15) is 0 Å². The van der Waals surface area contributed by atoms with Gasteiger partial charge in [0.25, 0.3) is 0 Å². The zero-order chi connectivity index (χ0) is 5.70. The smallest absolute Gasteiger partial charge is 0.159 e. The van der Waals surface area contributed by atoms with Crippen molar-refractivity contribution in [3.05, 3.63) is 12.1 Å². The minimum atomic E-state index is 0.673. The Morgan fingerprint density at radius 1 is 1.57 bits per heavy atom. The van der Waals surface area contributed by atoms with Crippen LogP contribution in [0.25, 0.3) is 0 Å². The van der Waals surface area contributed by atoms with Crippen molar-refractivity contribution in [3.63, 3.8) is 0 Å². The fraction of sp³-hybridized carbons (Fsp3) is 0.600. The van der Waals surface area contributed by atoms with E-state index in [1.54, 1.807) is 0 Å². The summed E-state index contributed by atoms with van der Waals surface area (Å²) >= 11 is 4.01. The number of hydrogen-bond donors (Lipinski definition) is 1. The van der Waals surface area contributed by atoms with E-state index in [4.69, 9.17) is 0 Å². The molecule has 0 aliphatic rings. The lowest BCUT2D eigenvalue weighted by Gasteiger charge is -1.83. The van der Waals surface area contributed by atoms with Crippen LogP contribution in [0.2, 0.25) is 13.6 Å². The zero-order valence-electron chi connectivity index (χ0n) is 4.89. The summed E-state index contributed by atoms with van der Waals surface area (Å²) in [6.07, 6.45) is 2.06. The van der Waals surface area contributed by atoms with E-state index in [0.717, 1.165) is 5.75 Å². The molecule has 0 spiro atoms. The van der Waals surface area contributed by atoms with Gasteiger partial charge in [0.2, 0.25) is 0 Å². The molecule has 40 valence electrons. The Bertz CT molecular complexity index is 59.1. The van der Waals surface area contributed by atoms with Crippen molar-refractivity contribution in [2.75, 3.05) is 5.75 Å². The number of hydrogen-bond acceptors (Lipinski definition) is 1. The van der Waals surface area contributed by atoms with Crippen LogP contribution >= 0.6 is 12.6 Å². The largest absolute Gasteiger partial charge is 0.175 e. The maximum Gasteiger partial charge on any atom is 0.159 e. The molecule has 0 rings (SSSR count). The van der Waals surface area contributed by atoms with Crippen LogP contribution in [0.4, 0.5) is 0 Å². The second-order valence-corrected chi connectivity index (χ2v) is 2.22. The second kappa shape index (κ2) is 4.32. The Hall–Kier alpha value is 0.155. The van der Waals surface area contributed by atoms with Crippen molar-refractivity contribution in [1.82, 2.24) is 0 Å². The molecule has 2 heteroatoms. The average Bonchev–Trinajstić information content (AvgIpc) is 1.61. The van der Waals surface area contributed by atoms with E-state index in [1.165, 1.54) is 0 Å². The van der Waals surface area contributed by atoms with Gasteiger partial charge in [-0.15, -0.1) is 5.98 Å². The van der Waals surface area contributed by atoms with Gasteiger partial charge in [0, 0.05) is 5.75 Å². The highest BCUT2D eigenvalue weighted by atomic mass is 32.1. The maximum atomic E-state index is 4.01. The second-order valence-electron chi connectivity index (χ2n) is 1.85. The van der Waals surface area contributed by atoms with Gasteiger partial charge in [0.15, 0.2) is 6.71 Å². The van der Waals surface area contributed by atoms with E-state index in [1.807, 2.05) is 0 Å². The van der Waals surface area contributed by atoms with E-state index in [2.05, 4.69) is 38.3 Å². The first kappa shape index (κ1) is 7.15. The van der Waals surface area contributed by atoms with Crippen LogP contribution in [0.5, 0.6) is 0 Å². The minimum Gasteiger partial charge on any atom is -0.175 e. The Morgan fingerprint density at radius 2 is 2.14 bits per heavy atom. The van der Waals surface area contributed by atoms with Crippen molar-refractivity contribution < 1.29 is 0 Å². The molecule has 0 aromatic heterocycles. The van der Waals surface area contributed by atoms with Crippen LogP contribution in [-0.4, -0.2) is 12.5 Å². The Kier molecular flexibility index (Phi) is 4.41. The first-order chi connectivity index (χ1) is 3.27. The molecule has 0 aliphatic heterocycles. The van der Waals surface area contributed by atoms with Gasteiger partial charge in [-0.25, -0.2) is 0 Å². The fourth-order valence-electron chi connectivity index (χ4n) is 0.333. The van der Waals surface area contributed by atoms with Crippen LogP contribution in [0.1, 0.15) is 0 Å². The molecule has 0 amide bonds. The molecule has 0 aromatic carbocycles. The Balaban J connectivity index is 3.08. The van der Waals surface area contributed by atoms with Gasteiger partial charge in [-0.1, -0.05) is 19.7 Å². The van der Waals surface area contributed by atoms with Crippen molar-refractivity contribution in [1.29, 1.82) is 0 Å². The third-order valence-electron chi connectivity index (χ3n) is 0.626. The summed E-state index contributed by atoms with van der Waals surface area (Å²) in [6.45, 7) is 4.98. The van der Waals surface area contributed by atoms with Gasteiger partial charge in [-0.3, -0.25) is 0 Å².